The lowest BCUT2D eigenvalue weighted by atomic mass is 9.97. The zero-order chi connectivity index (χ0) is 23.3. The molecule has 1 atom stereocenters. The van der Waals surface area contributed by atoms with Crippen molar-refractivity contribution in [3.05, 3.63) is 47.3 Å². The maximum absolute atomic E-state index is 14.4. The van der Waals surface area contributed by atoms with Gasteiger partial charge in [-0.1, -0.05) is 5.57 Å². The lowest BCUT2D eigenvalue weighted by Gasteiger charge is -2.37. The molecule has 9 nitrogen and oxygen atoms in total. The van der Waals surface area contributed by atoms with E-state index in [2.05, 4.69) is 37.1 Å². The minimum atomic E-state index is -0.340. The number of rotatable bonds is 5. The topological polar surface area (TPSA) is 118 Å². The van der Waals surface area contributed by atoms with Crippen molar-refractivity contribution in [3.63, 3.8) is 0 Å². The standard InChI is InChI=1S/C23H25FN8O/c1-11(12(2)25)14-9-32(10-14)22-19-17-5-15(24)6-18(26-4)20(17)29-21(19)30-23(31-22)33-16-7-27-13(3)28-8-16/h5-8,12,26H,9-10,25H2,1-4H3,(H,29,30,31)/t12-/m1/s1. The van der Waals surface area contributed by atoms with Gasteiger partial charge in [-0.25, -0.2) is 14.4 Å². The molecular formula is C23H25FN8O. The molecule has 0 amide bonds. The lowest BCUT2D eigenvalue weighted by molar-refractivity contribution is 0.438. The maximum atomic E-state index is 14.4. The third kappa shape index (κ3) is 3.72. The molecule has 0 aliphatic carbocycles. The summed E-state index contributed by atoms with van der Waals surface area (Å²) in [6, 6.07) is 3.10. The summed E-state index contributed by atoms with van der Waals surface area (Å²) in [7, 11) is 1.75. The summed E-state index contributed by atoms with van der Waals surface area (Å²) >= 11 is 0. The van der Waals surface area contributed by atoms with E-state index in [4.69, 9.17) is 15.5 Å². The van der Waals surface area contributed by atoms with Crippen molar-refractivity contribution in [3.8, 4) is 11.8 Å². The Bertz CT molecular complexity index is 1390. The Hall–Kier alpha value is -3.79. The summed E-state index contributed by atoms with van der Waals surface area (Å²) in [6.45, 7) is 7.21. The average molecular weight is 449 g/mol. The predicted octanol–water partition coefficient (Wildman–Crippen LogP) is 3.67. The predicted molar refractivity (Wildman–Crippen MR) is 126 cm³/mol. The van der Waals surface area contributed by atoms with E-state index in [1.807, 2.05) is 6.92 Å². The number of benzene rings is 1. The third-order valence-corrected chi connectivity index (χ3v) is 6.02. The molecule has 0 bridgehead atoms. The number of hydrogen-bond donors (Lipinski definition) is 3. The largest absolute Gasteiger partial charge is 0.421 e. The van der Waals surface area contributed by atoms with E-state index >= 15 is 0 Å². The van der Waals surface area contributed by atoms with Crippen molar-refractivity contribution < 1.29 is 9.13 Å². The van der Waals surface area contributed by atoms with Crippen LogP contribution in [0.1, 0.15) is 19.7 Å². The van der Waals surface area contributed by atoms with Crippen molar-refractivity contribution in [2.45, 2.75) is 26.8 Å². The summed E-state index contributed by atoms with van der Waals surface area (Å²) in [6.07, 6.45) is 3.15. The van der Waals surface area contributed by atoms with Gasteiger partial charge in [-0.15, -0.1) is 0 Å². The highest BCUT2D eigenvalue weighted by Gasteiger charge is 2.29. The van der Waals surface area contributed by atoms with Crippen LogP contribution in [-0.2, 0) is 0 Å². The van der Waals surface area contributed by atoms with Gasteiger partial charge in [0.25, 0.3) is 0 Å². The second-order valence-corrected chi connectivity index (χ2v) is 8.30. The molecule has 1 aliphatic heterocycles. The molecule has 5 rings (SSSR count). The van der Waals surface area contributed by atoms with E-state index in [0.29, 0.717) is 47.2 Å². The van der Waals surface area contributed by atoms with Crippen LogP contribution in [0, 0.1) is 12.7 Å². The van der Waals surface area contributed by atoms with Crippen molar-refractivity contribution in [1.82, 2.24) is 24.9 Å². The molecule has 170 valence electrons. The van der Waals surface area contributed by atoms with E-state index in [1.54, 1.807) is 26.4 Å². The number of aryl methyl sites for hydroxylation is 1. The highest BCUT2D eigenvalue weighted by molar-refractivity contribution is 6.14. The molecular weight excluding hydrogens is 423 g/mol. The van der Waals surface area contributed by atoms with Gasteiger partial charge in [0.05, 0.1) is 29.0 Å². The van der Waals surface area contributed by atoms with Crippen LogP contribution in [-0.4, -0.2) is 51.1 Å². The maximum Gasteiger partial charge on any atom is 0.326 e. The number of nitrogens with two attached hydrogens (primary N) is 1. The van der Waals surface area contributed by atoms with Crippen molar-refractivity contribution >= 4 is 33.4 Å². The van der Waals surface area contributed by atoms with Gasteiger partial charge in [-0.05, 0) is 38.5 Å². The zero-order valence-electron chi connectivity index (χ0n) is 18.9. The molecule has 10 heteroatoms. The molecule has 4 N–H and O–H groups in total. The van der Waals surface area contributed by atoms with E-state index in [9.17, 15) is 4.39 Å². The van der Waals surface area contributed by atoms with E-state index in [-0.39, 0.29) is 17.9 Å². The summed E-state index contributed by atoms with van der Waals surface area (Å²) in [4.78, 5) is 23.0. The SMILES string of the molecule is CNc1cc(F)cc2c1[nH]c1nc(Oc3cnc(C)nc3)nc(N3CC(=C(C)[C@@H](C)N)C3)c12. The number of anilines is 2. The van der Waals surface area contributed by atoms with E-state index in [0.717, 1.165) is 10.9 Å². The van der Waals surface area contributed by atoms with Gasteiger partial charge in [-0.3, -0.25) is 0 Å². The Kier molecular flexibility index (Phi) is 5.09. The van der Waals surface area contributed by atoms with Gasteiger partial charge in [0.1, 0.15) is 23.1 Å². The van der Waals surface area contributed by atoms with Crippen LogP contribution in [0.4, 0.5) is 15.9 Å². The molecule has 0 unspecified atom stereocenters. The van der Waals surface area contributed by atoms with Crippen LogP contribution in [0.2, 0.25) is 0 Å². The Balaban J connectivity index is 1.66. The highest BCUT2D eigenvalue weighted by Crippen LogP contribution is 2.39. The first-order chi connectivity index (χ1) is 15.8. The number of nitrogens with zero attached hydrogens (tertiary/aromatic N) is 5. The van der Waals surface area contributed by atoms with Crippen LogP contribution < -0.4 is 20.7 Å². The number of hydrogen-bond acceptors (Lipinski definition) is 8. The minimum absolute atomic E-state index is 0.00614. The summed E-state index contributed by atoms with van der Waals surface area (Å²) in [5, 5.41) is 4.49. The number of nitrogens with one attached hydrogen (secondary N) is 2. The molecule has 1 aromatic carbocycles. The summed E-state index contributed by atoms with van der Waals surface area (Å²) in [5.74, 6) is 1.40. The van der Waals surface area contributed by atoms with Gasteiger partial charge >= 0.3 is 6.01 Å². The fourth-order valence-corrected chi connectivity index (χ4v) is 3.97. The fourth-order valence-electron chi connectivity index (χ4n) is 3.97. The lowest BCUT2D eigenvalue weighted by Crippen LogP contribution is -2.43. The van der Waals surface area contributed by atoms with Crippen LogP contribution in [0.15, 0.2) is 35.7 Å². The second-order valence-electron chi connectivity index (χ2n) is 8.30. The molecule has 4 aromatic rings. The number of ether oxygens (including phenoxy) is 1. The molecule has 0 spiro atoms. The Morgan fingerprint density at radius 2 is 1.97 bits per heavy atom. The van der Waals surface area contributed by atoms with Crippen LogP contribution in [0.5, 0.6) is 11.8 Å². The average Bonchev–Trinajstić information content (AvgIpc) is 3.11. The molecule has 0 saturated carbocycles. The first kappa shape index (κ1) is 21.1. The molecule has 1 fully saturated rings. The van der Waals surface area contributed by atoms with Gasteiger partial charge in [0, 0.05) is 31.6 Å². The van der Waals surface area contributed by atoms with Crippen LogP contribution >= 0.6 is 0 Å². The first-order valence-corrected chi connectivity index (χ1v) is 10.7. The van der Waals surface area contributed by atoms with Gasteiger partial charge in [0.15, 0.2) is 5.75 Å². The number of H-pyrrole nitrogens is 1. The molecule has 4 heterocycles. The van der Waals surface area contributed by atoms with Gasteiger partial charge in [0.2, 0.25) is 0 Å². The zero-order valence-corrected chi connectivity index (χ0v) is 18.9. The molecule has 0 radical (unpaired) electrons. The van der Waals surface area contributed by atoms with E-state index in [1.165, 1.54) is 23.3 Å². The number of aromatic amines is 1. The van der Waals surface area contributed by atoms with Crippen LogP contribution in [0.3, 0.4) is 0 Å². The minimum Gasteiger partial charge on any atom is -0.421 e. The number of halogens is 1. The number of fused-ring (bicyclic) bond motifs is 3. The third-order valence-electron chi connectivity index (χ3n) is 6.02. The first-order valence-electron chi connectivity index (χ1n) is 10.7. The van der Waals surface area contributed by atoms with Crippen molar-refractivity contribution in [1.29, 1.82) is 0 Å². The second kappa shape index (κ2) is 7.96. The van der Waals surface area contributed by atoms with Crippen LogP contribution in [0.25, 0.3) is 21.9 Å². The molecule has 3 aromatic heterocycles. The summed E-state index contributed by atoms with van der Waals surface area (Å²) < 4.78 is 20.3. The molecule has 1 aliphatic rings. The monoisotopic (exact) mass is 448 g/mol. The van der Waals surface area contributed by atoms with Crippen molar-refractivity contribution in [2.24, 2.45) is 5.73 Å². The fraction of sp³-hybridized carbons (Fsp3) is 0.304. The van der Waals surface area contributed by atoms with Crippen molar-refractivity contribution in [2.75, 3.05) is 30.4 Å². The summed E-state index contributed by atoms with van der Waals surface area (Å²) in [5.41, 5.74) is 10.5. The van der Waals surface area contributed by atoms with Gasteiger partial charge < -0.3 is 25.7 Å². The highest BCUT2D eigenvalue weighted by atomic mass is 19.1. The van der Waals surface area contributed by atoms with Gasteiger partial charge in [-0.2, -0.15) is 9.97 Å². The molecule has 33 heavy (non-hydrogen) atoms. The Labute approximate surface area is 189 Å². The smallest absolute Gasteiger partial charge is 0.326 e. The normalized spacial score (nSPS) is 14.5. The number of aromatic nitrogens is 5. The quantitative estimate of drug-likeness (QED) is 0.396. The van der Waals surface area contributed by atoms with E-state index < -0.39 is 0 Å². The Morgan fingerprint density at radius 3 is 2.64 bits per heavy atom. The molecule has 1 saturated heterocycles. The Morgan fingerprint density at radius 1 is 1.24 bits per heavy atom.